The van der Waals surface area contributed by atoms with Gasteiger partial charge >= 0.3 is 6.03 Å². The molecule has 7 nitrogen and oxygen atoms in total. The minimum absolute atomic E-state index is 0.114. The molecule has 1 aromatic carbocycles. The van der Waals surface area contributed by atoms with Crippen molar-refractivity contribution >= 4 is 23.3 Å². The van der Waals surface area contributed by atoms with Crippen LogP contribution in [0.4, 0.5) is 16.2 Å². The molecule has 0 unspecified atom stereocenters. The Hall–Kier alpha value is -2.12. The molecule has 1 heterocycles. The summed E-state index contributed by atoms with van der Waals surface area (Å²) in [5, 5.41) is 5.58. The predicted octanol–water partition coefficient (Wildman–Crippen LogP) is 1.44. The highest BCUT2D eigenvalue weighted by atomic mass is 16.5. The Labute approximate surface area is 136 Å². The first-order valence-electron chi connectivity index (χ1n) is 7.73. The Bertz CT molecular complexity index is 542. The first kappa shape index (κ1) is 17.2. The summed E-state index contributed by atoms with van der Waals surface area (Å²) in [6.07, 6.45) is 0. The molecule has 1 aliphatic heterocycles. The molecule has 2 N–H and O–H groups in total. The molecule has 0 aromatic heterocycles. The molecule has 0 atom stereocenters. The highest BCUT2D eigenvalue weighted by molar-refractivity contribution is 5.92. The highest BCUT2D eigenvalue weighted by Gasteiger charge is 2.20. The maximum Gasteiger partial charge on any atom is 0.321 e. The van der Waals surface area contributed by atoms with Gasteiger partial charge in [0.1, 0.15) is 0 Å². The van der Waals surface area contributed by atoms with Gasteiger partial charge in [-0.05, 0) is 18.2 Å². The van der Waals surface area contributed by atoms with Crippen molar-refractivity contribution in [2.75, 3.05) is 57.1 Å². The normalized spacial score (nSPS) is 15.3. The lowest BCUT2D eigenvalue weighted by molar-refractivity contribution is -0.114. The Morgan fingerprint density at radius 2 is 1.78 bits per heavy atom. The maximum absolute atomic E-state index is 12.3. The van der Waals surface area contributed by atoms with Gasteiger partial charge in [0.05, 0.1) is 6.61 Å². The Balaban J connectivity index is 1.84. The highest BCUT2D eigenvalue weighted by Crippen LogP contribution is 2.16. The topological polar surface area (TPSA) is 73.9 Å². The molecule has 0 bridgehead atoms. The minimum Gasteiger partial charge on any atom is -0.383 e. The molecule has 126 valence electrons. The molecule has 7 heteroatoms. The van der Waals surface area contributed by atoms with Gasteiger partial charge in [-0.25, -0.2) is 4.79 Å². The maximum atomic E-state index is 12.3. The van der Waals surface area contributed by atoms with E-state index in [4.69, 9.17) is 4.74 Å². The molecular weight excluding hydrogens is 296 g/mol. The van der Waals surface area contributed by atoms with E-state index >= 15 is 0 Å². The summed E-state index contributed by atoms with van der Waals surface area (Å²) in [6.45, 7) is 6.15. The summed E-state index contributed by atoms with van der Waals surface area (Å²) in [4.78, 5) is 27.5. The number of amides is 3. The van der Waals surface area contributed by atoms with E-state index in [9.17, 15) is 9.59 Å². The lowest BCUT2D eigenvalue weighted by Gasteiger charge is -2.34. The monoisotopic (exact) mass is 320 g/mol. The Morgan fingerprint density at radius 3 is 2.39 bits per heavy atom. The average Bonchev–Trinajstić information content (AvgIpc) is 2.53. The van der Waals surface area contributed by atoms with E-state index in [1.807, 2.05) is 0 Å². The van der Waals surface area contributed by atoms with Crippen molar-refractivity contribution in [3.63, 3.8) is 0 Å². The van der Waals surface area contributed by atoms with Crippen LogP contribution >= 0.6 is 0 Å². The number of carbonyl (C=O) groups is 2. The second kappa shape index (κ2) is 8.50. The lowest BCUT2D eigenvalue weighted by atomic mass is 10.2. The Morgan fingerprint density at radius 1 is 1.13 bits per heavy atom. The standard InChI is InChI=1S/C16H24N4O3/c1-13(21)17-14-4-3-5-15(12-14)18-16(22)20-8-6-19(7-9-20)10-11-23-2/h3-5,12H,6-11H2,1-2H3,(H,17,21)(H,18,22). The second-order valence-electron chi connectivity index (χ2n) is 5.51. The Kier molecular flexibility index (Phi) is 6.37. The van der Waals surface area contributed by atoms with Crippen molar-refractivity contribution in [3.8, 4) is 0 Å². The molecule has 0 spiro atoms. The number of ether oxygens (including phenoxy) is 1. The van der Waals surface area contributed by atoms with Gasteiger partial charge in [-0.3, -0.25) is 9.69 Å². The van der Waals surface area contributed by atoms with E-state index in [0.717, 1.165) is 19.6 Å². The first-order valence-corrected chi connectivity index (χ1v) is 7.73. The van der Waals surface area contributed by atoms with Crippen molar-refractivity contribution in [1.82, 2.24) is 9.80 Å². The summed E-state index contributed by atoms with van der Waals surface area (Å²) in [7, 11) is 1.69. The SMILES string of the molecule is COCCN1CCN(C(=O)Nc2cccc(NC(C)=O)c2)CC1. The number of rotatable bonds is 5. The number of piperazine rings is 1. The number of urea groups is 1. The fourth-order valence-corrected chi connectivity index (χ4v) is 2.48. The summed E-state index contributed by atoms with van der Waals surface area (Å²) in [5.41, 5.74) is 1.34. The van der Waals surface area contributed by atoms with Crippen LogP contribution in [-0.2, 0) is 9.53 Å². The third-order valence-electron chi connectivity index (χ3n) is 3.71. The third-order valence-corrected chi connectivity index (χ3v) is 3.71. The smallest absolute Gasteiger partial charge is 0.321 e. The first-order chi connectivity index (χ1) is 11.1. The zero-order chi connectivity index (χ0) is 16.7. The molecule has 1 fully saturated rings. The van der Waals surface area contributed by atoms with Gasteiger partial charge in [0, 0.05) is 58.1 Å². The van der Waals surface area contributed by atoms with Crippen LogP contribution in [0.3, 0.4) is 0 Å². The molecule has 23 heavy (non-hydrogen) atoms. The molecule has 1 aromatic rings. The van der Waals surface area contributed by atoms with Gasteiger partial charge in [0.15, 0.2) is 0 Å². The van der Waals surface area contributed by atoms with Crippen molar-refractivity contribution in [2.45, 2.75) is 6.92 Å². The fraction of sp³-hybridized carbons (Fsp3) is 0.500. The molecule has 0 saturated carbocycles. The van der Waals surface area contributed by atoms with Crippen LogP contribution < -0.4 is 10.6 Å². The van der Waals surface area contributed by atoms with Gasteiger partial charge in [-0.1, -0.05) is 6.07 Å². The van der Waals surface area contributed by atoms with Crippen LogP contribution in [0.2, 0.25) is 0 Å². The fourth-order valence-electron chi connectivity index (χ4n) is 2.48. The molecular formula is C16H24N4O3. The summed E-state index contributed by atoms with van der Waals surface area (Å²) >= 11 is 0. The van der Waals surface area contributed by atoms with Crippen LogP contribution in [0.1, 0.15) is 6.92 Å². The van der Waals surface area contributed by atoms with Crippen LogP contribution in [0.5, 0.6) is 0 Å². The second-order valence-corrected chi connectivity index (χ2v) is 5.51. The van der Waals surface area contributed by atoms with Crippen molar-refractivity contribution in [1.29, 1.82) is 0 Å². The van der Waals surface area contributed by atoms with Crippen LogP contribution in [0, 0.1) is 0 Å². The summed E-state index contributed by atoms with van der Waals surface area (Å²) < 4.78 is 5.07. The van der Waals surface area contributed by atoms with Crippen molar-refractivity contribution < 1.29 is 14.3 Å². The quantitative estimate of drug-likeness (QED) is 0.861. The molecule has 1 saturated heterocycles. The van der Waals surface area contributed by atoms with E-state index in [2.05, 4.69) is 15.5 Å². The predicted molar refractivity (Wildman–Crippen MR) is 89.7 cm³/mol. The number of hydrogen-bond donors (Lipinski definition) is 2. The van der Waals surface area contributed by atoms with E-state index in [0.29, 0.717) is 31.1 Å². The van der Waals surface area contributed by atoms with Crippen molar-refractivity contribution in [3.05, 3.63) is 24.3 Å². The molecule has 3 amide bonds. The van der Waals surface area contributed by atoms with Gasteiger partial charge < -0.3 is 20.3 Å². The minimum atomic E-state index is -0.138. The number of anilines is 2. The number of nitrogens with one attached hydrogen (secondary N) is 2. The van der Waals surface area contributed by atoms with Crippen LogP contribution in [-0.4, -0.2) is 68.2 Å². The van der Waals surface area contributed by atoms with Gasteiger partial charge in [-0.15, -0.1) is 0 Å². The largest absolute Gasteiger partial charge is 0.383 e. The van der Waals surface area contributed by atoms with Crippen LogP contribution in [0.25, 0.3) is 0 Å². The summed E-state index contributed by atoms with van der Waals surface area (Å²) in [5.74, 6) is -0.138. The van der Waals surface area contributed by atoms with Gasteiger partial charge in [0.25, 0.3) is 0 Å². The van der Waals surface area contributed by atoms with E-state index < -0.39 is 0 Å². The molecule has 2 rings (SSSR count). The number of nitrogens with zero attached hydrogens (tertiary/aromatic N) is 2. The van der Waals surface area contributed by atoms with E-state index in [-0.39, 0.29) is 11.9 Å². The number of hydrogen-bond acceptors (Lipinski definition) is 4. The molecule has 0 aliphatic carbocycles. The van der Waals surface area contributed by atoms with Gasteiger partial charge in [-0.2, -0.15) is 0 Å². The number of benzene rings is 1. The molecule has 0 radical (unpaired) electrons. The lowest BCUT2D eigenvalue weighted by Crippen LogP contribution is -2.50. The molecule has 1 aliphatic rings. The summed E-state index contributed by atoms with van der Waals surface area (Å²) in [6, 6.07) is 7.01. The number of methoxy groups -OCH3 is 1. The average molecular weight is 320 g/mol. The van der Waals surface area contributed by atoms with Gasteiger partial charge in [0.2, 0.25) is 5.91 Å². The zero-order valence-corrected chi connectivity index (χ0v) is 13.7. The third kappa shape index (κ3) is 5.54. The van der Waals surface area contributed by atoms with Crippen molar-refractivity contribution in [2.24, 2.45) is 0 Å². The van der Waals surface area contributed by atoms with E-state index in [1.54, 1.807) is 36.3 Å². The zero-order valence-electron chi connectivity index (χ0n) is 13.7. The van der Waals surface area contributed by atoms with E-state index in [1.165, 1.54) is 6.92 Å². The number of carbonyl (C=O) groups excluding carboxylic acids is 2. The van der Waals surface area contributed by atoms with Crippen LogP contribution in [0.15, 0.2) is 24.3 Å².